The number of amides is 1. The molecule has 4 heteroatoms. The summed E-state index contributed by atoms with van der Waals surface area (Å²) >= 11 is 0. The van der Waals surface area contributed by atoms with Crippen LogP contribution in [0.2, 0.25) is 0 Å². The highest BCUT2D eigenvalue weighted by Crippen LogP contribution is 2.24. The number of hydrogen-bond acceptors (Lipinski definition) is 3. The average molecular weight is 309 g/mol. The van der Waals surface area contributed by atoms with Crippen LogP contribution in [0.15, 0.2) is 54.6 Å². The normalized spacial score (nSPS) is 14.8. The van der Waals surface area contributed by atoms with Gasteiger partial charge in [0.2, 0.25) is 6.10 Å². The Kier molecular flexibility index (Phi) is 4.42. The van der Waals surface area contributed by atoms with Crippen LogP contribution in [0.5, 0.6) is 0 Å². The van der Waals surface area contributed by atoms with E-state index in [-0.39, 0.29) is 11.9 Å². The number of carbonyl (C=O) groups is 2. The minimum absolute atomic E-state index is 0.214. The lowest BCUT2D eigenvalue weighted by Gasteiger charge is -2.18. The third-order valence-electron chi connectivity index (χ3n) is 3.85. The molecule has 0 saturated heterocycles. The molecule has 2 aromatic rings. The van der Waals surface area contributed by atoms with E-state index in [9.17, 15) is 9.59 Å². The van der Waals surface area contributed by atoms with Crippen molar-refractivity contribution in [3.05, 3.63) is 71.3 Å². The lowest BCUT2D eigenvalue weighted by Crippen LogP contribution is -2.33. The van der Waals surface area contributed by atoms with Gasteiger partial charge in [0, 0.05) is 11.6 Å². The van der Waals surface area contributed by atoms with Crippen LogP contribution in [0.4, 0.5) is 0 Å². The molecule has 0 radical (unpaired) electrons. The van der Waals surface area contributed by atoms with Gasteiger partial charge in [-0.15, -0.1) is 0 Å². The van der Waals surface area contributed by atoms with Gasteiger partial charge in [-0.3, -0.25) is 4.79 Å². The molecule has 1 aliphatic rings. The molecule has 0 heterocycles. The molecular weight excluding hydrogens is 290 g/mol. The first-order valence-electron chi connectivity index (χ1n) is 7.77. The number of rotatable bonds is 5. The molecule has 0 bridgehead atoms. The minimum Gasteiger partial charge on any atom is -0.444 e. The second-order valence-corrected chi connectivity index (χ2v) is 5.79. The molecule has 1 N–H and O–H groups in total. The lowest BCUT2D eigenvalue weighted by atomic mass is 10.1. The molecular formula is C19H19NO3. The van der Waals surface area contributed by atoms with Gasteiger partial charge in [0.1, 0.15) is 0 Å². The van der Waals surface area contributed by atoms with Gasteiger partial charge in [-0.25, -0.2) is 4.79 Å². The fraction of sp³-hybridized carbons (Fsp3) is 0.263. The SMILES string of the molecule is Cc1ccccc1C(=O)OC(C(=O)NC1CC1)c1ccccc1. The van der Waals surface area contributed by atoms with Crippen LogP contribution in [0, 0.1) is 6.92 Å². The topological polar surface area (TPSA) is 55.4 Å². The molecule has 1 atom stereocenters. The Bertz CT molecular complexity index is 708. The van der Waals surface area contributed by atoms with Gasteiger partial charge in [0.15, 0.2) is 0 Å². The molecule has 0 aromatic heterocycles. The van der Waals surface area contributed by atoms with E-state index < -0.39 is 12.1 Å². The summed E-state index contributed by atoms with van der Waals surface area (Å²) in [5.41, 5.74) is 1.98. The predicted molar refractivity (Wildman–Crippen MR) is 86.9 cm³/mol. The molecule has 23 heavy (non-hydrogen) atoms. The van der Waals surface area contributed by atoms with Crippen molar-refractivity contribution < 1.29 is 14.3 Å². The van der Waals surface area contributed by atoms with Crippen LogP contribution in [-0.4, -0.2) is 17.9 Å². The second-order valence-electron chi connectivity index (χ2n) is 5.79. The van der Waals surface area contributed by atoms with Crippen molar-refractivity contribution >= 4 is 11.9 Å². The quantitative estimate of drug-likeness (QED) is 0.863. The highest BCUT2D eigenvalue weighted by Gasteiger charge is 2.31. The van der Waals surface area contributed by atoms with Gasteiger partial charge >= 0.3 is 5.97 Å². The third kappa shape index (κ3) is 3.77. The summed E-state index contributed by atoms with van der Waals surface area (Å²) in [6, 6.07) is 16.5. The Morgan fingerprint density at radius 2 is 1.70 bits per heavy atom. The highest BCUT2D eigenvalue weighted by atomic mass is 16.5. The van der Waals surface area contributed by atoms with Crippen molar-refractivity contribution in [1.82, 2.24) is 5.32 Å². The van der Waals surface area contributed by atoms with Crippen molar-refractivity contribution in [2.24, 2.45) is 0 Å². The number of hydrogen-bond donors (Lipinski definition) is 1. The Labute approximate surface area is 135 Å². The van der Waals surface area contributed by atoms with Crippen LogP contribution in [0.3, 0.4) is 0 Å². The van der Waals surface area contributed by atoms with Crippen molar-refractivity contribution in [3.8, 4) is 0 Å². The molecule has 2 aromatic carbocycles. The van der Waals surface area contributed by atoms with Crippen LogP contribution < -0.4 is 5.32 Å². The van der Waals surface area contributed by atoms with E-state index in [1.165, 1.54) is 0 Å². The molecule has 0 spiro atoms. The number of nitrogens with one attached hydrogen (secondary N) is 1. The van der Waals surface area contributed by atoms with Gasteiger partial charge < -0.3 is 10.1 Å². The summed E-state index contributed by atoms with van der Waals surface area (Å²) in [6.07, 6.45) is 1.04. The molecule has 1 unspecified atom stereocenters. The Morgan fingerprint density at radius 3 is 2.35 bits per heavy atom. The number of aryl methyl sites for hydroxylation is 1. The van der Waals surface area contributed by atoms with Crippen LogP contribution in [0.25, 0.3) is 0 Å². The van der Waals surface area contributed by atoms with E-state index in [4.69, 9.17) is 4.74 Å². The molecule has 118 valence electrons. The maximum absolute atomic E-state index is 12.5. The maximum Gasteiger partial charge on any atom is 0.339 e. The van der Waals surface area contributed by atoms with Crippen molar-refractivity contribution in [1.29, 1.82) is 0 Å². The molecule has 4 nitrogen and oxygen atoms in total. The third-order valence-corrected chi connectivity index (χ3v) is 3.85. The zero-order valence-electron chi connectivity index (χ0n) is 13.0. The molecule has 1 amide bonds. The van der Waals surface area contributed by atoms with E-state index in [1.54, 1.807) is 24.3 Å². The molecule has 3 rings (SSSR count). The van der Waals surface area contributed by atoms with E-state index >= 15 is 0 Å². The van der Waals surface area contributed by atoms with E-state index in [2.05, 4.69) is 5.32 Å². The molecule has 1 saturated carbocycles. The van der Waals surface area contributed by atoms with Crippen molar-refractivity contribution in [2.45, 2.75) is 31.9 Å². The molecule has 0 aliphatic heterocycles. The van der Waals surface area contributed by atoms with Crippen LogP contribution in [-0.2, 0) is 9.53 Å². The summed E-state index contributed by atoms with van der Waals surface area (Å²) in [5.74, 6) is -0.747. The Hall–Kier alpha value is -2.62. The summed E-state index contributed by atoms with van der Waals surface area (Å²) in [5, 5.41) is 2.91. The number of esters is 1. The zero-order chi connectivity index (χ0) is 16.2. The average Bonchev–Trinajstić information content (AvgIpc) is 3.37. The fourth-order valence-electron chi connectivity index (χ4n) is 2.38. The summed E-state index contributed by atoms with van der Waals surface area (Å²) in [7, 11) is 0. The van der Waals surface area contributed by atoms with Gasteiger partial charge in [-0.05, 0) is 31.4 Å². The van der Waals surface area contributed by atoms with Gasteiger partial charge in [0.05, 0.1) is 5.56 Å². The summed E-state index contributed by atoms with van der Waals surface area (Å²) in [6.45, 7) is 1.85. The predicted octanol–water partition coefficient (Wildman–Crippen LogP) is 3.17. The van der Waals surface area contributed by atoms with Crippen molar-refractivity contribution in [2.75, 3.05) is 0 Å². The highest BCUT2D eigenvalue weighted by molar-refractivity contribution is 5.94. The van der Waals surface area contributed by atoms with Crippen LogP contribution >= 0.6 is 0 Å². The summed E-state index contributed by atoms with van der Waals surface area (Å²) < 4.78 is 5.54. The Balaban J connectivity index is 1.82. The standard InChI is InChI=1S/C19H19NO3/c1-13-7-5-6-10-16(13)19(22)23-17(14-8-3-2-4-9-14)18(21)20-15-11-12-15/h2-10,15,17H,11-12H2,1H3,(H,20,21). The molecule has 1 fully saturated rings. The number of benzene rings is 2. The van der Waals surface area contributed by atoms with E-state index in [0.29, 0.717) is 11.1 Å². The molecule has 1 aliphatic carbocycles. The monoisotopic (exact) mass is 309 g/mol. The first-order valence-corrected chi connectivity index (χ1v) is 7.77. The Morgan fingerprint density at radius 1 is 1.04 bits per heavy atom. The van der Waals surface area contributed by atoms with E-state index in [1.807, 2.05) is 37.3 Å². The number of ether oxygens (including phenoxy) is 1. The van der Waals surface area contributed by atoms with Gasteiger partial charge in [-0.1, -0.05) is 48.5 Å². The van der Waals surface area contributed by atoms with Crippen LogP contribution in [0.1, 0.15) is 40.4 Å². The second kappa shape index (κ2) is 6.65. The van der Waals surface area contributed by atoms with Crippen molar-refractivity contribution in [3.63, 3.8) is 0 Å². The minimum atomic E-state index is -0.927. The fourth-order valence-corrected chi connectivity index (χ4v) is 2.38. The van der Waals surface area contributed by atoms with E-state index in [0.717, 1.165) is 18.4 Å². The van der Waals surface area contributed by atoms with Gasteiger partial charge in [-0.2, -0.15) is 0 Å². The summed E-state index contributed by atoms with van der Waals surface area (Å²) in [4.78, 5) is 24.9. The lowest BCUT2D eigenvalue weighted by molar-refractivity contribution is -0.130. The number of carbonyl (C=O) groups excluding carboxylic acids is 2. The largest absolute Gasteiger partial charge is 0.444 e. The maximum atomic E-state index is 12.5. The zero-order valence-corrected chi connectivity index (χ0v) is 13.0. The first-order chi connectivity index (χ1) is 11.1. The smallest absolute Gasteiger partial charge is 0.339 e. The first kappa shape index (κ1) is 15.3. The van der Waals surface area contributed by atoms with Gasteiger partial charge in [0.25, 0.3) is 5.91 Å².